The lowest BCUT2D eigenvalue weighted by Crippen LogP contribution is -2.42. The second-order valence-corrected chi connectivity index (χ2v) is 6.43. The van der Waals surface area contributed by atoms with Crippen LogP contribution in [0.4, 0.5) is 4.79 Å². The number of nitrogens with zero attached hydrogens (tertiary/aromatic N) is 1. The molecule has 1 fully saturated rings. The highest BCUT2D eigenvalue weighted by molar-refractivity contribution is 7.11. The van der Waals surface area contributed by atoms with E-state index in [0.29, 0.717) is 13.0 Å². The van der Waals surface area contributed by atoms with Gasteiger partial charge in [-0.1, -0.05) is 0 Å². The van der Waals surface area contributed by atoms with Crippen LogP contribution in [0.5, 0.6) is 0 Å². The SMILES string of the molecule is CNC(=O)NC1CCN(C(=O)CCc2ccc(C)s2)C1. The van der Waals surface area contributed by atoms with Crippen molar-refractivity contribution in [2.75, 3.05) is 20.1 Å². The molecule has 2 N–H and O–H groups in total. The summed E-state index contributed by atoms with van der Waals surface area (Å²) in [6.07, 6.45) is 2.19. The van der Waals surface area contributed by atoms with Gasteiger partial charge in [-0.2, -0.15) is 0 Å². The number of likely N-dealkylation sites (tertiary alicyclic amines) is 1. The Kier molecular flexibility index (Phi) is 5.00. The molecule has 2 rings (SSSR count). The van der Waals surface area contributed by atoms with Crippen molar-refractivity contribution >= 4 is 23.3 Å². The molecule has 3 amide bonds. The van der Waals surface area contributed by atoms with Crippen molar-refractivity contribution in [3.63, 3.8) is 0 Å². The van der Waals surface area contributed by atoms with Crippen molar-refractivity contribution in [2.45, 2.75) is 32.2 Å². The molecule has 1 saturated heterocycles. The largest absolute Gasteiger partial charge is 0.341 e. The van der Waals surface area contributed by atoms with Gasteiger partial charge >= 0.3 is 6.03 Å². The van der Waals surface area contributed by atoms with Gasteiger partial charge in [-0.05, 0) is 31.9 Å². The van der Waals surface area contributed by atoms with Crippen LogP contribution in [0.1, 0.15) is 22.6 Å². The van der Waals surface area contributed by atoms with Crippen LogP contribution in [0.25, 0.3) is 0 Å². The Bertz CT molecular complexity index is 487. The second-order valence-electron chi connectivity index (χ2n) is 5.06. The second kappa shape index (κ2) is 6.74. The summed E-state index contributed by atoms with van der Waals surface area (Å²) in [5.74, 6) is 0.178. The summed E-state index contributed by atoms with van der Waals surface area (Å²) in [6, 6.07) is 4.07. The number of rotatable bonds is 4. The predicted molar refractivity (Wildman–Crippen MR) is 80.0 cm³/mol. The number of carbonyl (C=O) groups excluding carboxylic acids is 2. The van der Waals surface area contributed by atoms with E-state index in [1.165, 1.54) is 9.75 Å². The van der Waals surface area contributed by atoms with Gasteiger partial charge in [0.25, 0.3) is 0 Å². The topological polar surface area (TPSA) is 61.4 Å². The summed E-state index contributed by atoms with van der Waals surface area (Å²) in [4.78, 5) is 27.8. The Morgan fingerprint density at radius 2 is 2.25 bits per heavy atom. The summed E-state index contributed by atoms with van der Waals surface area (Å²) in [7, 11) is 1.59. The van der Waals surface area contributed by atoms with Crippen molar-refractivity contribution < 1.29 is 9.59 Å². The number of carbonyl (C=O) groups is 2. The third kappa shape index (κ3) is 3.96. The average molecular weight is 295 g/mol. The maximum absolute atomic E-state index is 12.1. The maximum Gasteiger partial charge on any atom is 0.314 e. The van der Waals surface area contributed by atoms with E-state index in [1.54, 1.807) is 18.4 Å². The van der Waals surface area contributed by atoms with Gasteiger partial charge in [0.15, 0.2) is 0 Å². The standard InChI is InChI=1S/C14H21N3O2S/c1-10-3-4-12(20-10)5-6-13(18)17-8-7-11(9-17)16-14(19)15-2/h3-4,11H,5-9H2,1-2H3,(H2,15,16,19). The number of thiophene rings is 1. The van der Waals surface area contributed by atoms with Crippen LogP contribution in [0, 0.1) is 6.92 Å². The number of urea groups is 1. The van der Waals surface area contributed by atoms with Gasteiger partial charge in [-0.3, -0.25) is 4.79 Å². The molecule has 1 atom stereocenters. The first-order valence-corrected chi connectivity index (χ1v) is 7.71. The van der Waals surface area contributed by atoms with E-state index in [2.05, 4.69) is 29.7 Å². The molecule has 2 heterocycles. The van der Waals surface area contributed by atoms with E-state index in [9.17, 15) is 9.59 Å². The van der Waals surface area contributed by atoms with Gasteiger partial charge in [0.1, 0.15) is 0 Å². The van der Waals surface area contributed by atoms with Crippen molar-refractivity contribution in [1.82, 2.24) is 15.5 Å². The fourth-order valence-corrected chi connectivity index (χ4v) is 3.26. The first-order valence-electron chi connectivity index (χ1n) is 6.90. The Labute approximate surface area is 123 Å². The van der Waals surface area contributed by atoms with E-state index in [0.717, 1.165) is 19.4 Å². The molecular weight excluding hydrogens is 274 g/mol. The number of nitrogens with one attached hydrogen (secondary N) is 2. The summed E-state index contributed by atoms with van der Waals surface area (Å²) in [6.45, 7) is 3.43. The molecule has 6 heteroatoms. The van der Waals surface area contributed by atoms with E-state index in [4.69, 9.17) is 0 Å². The Morgan fingerprint density at radius 3 is 2.90 bits per heavy atom. The molecule has 20 heavy (non-hydrogen) atoms. The first kappa shape index (κ1) is 14.8. The lowest BCUT2D eigenvalue weighted by Gasteiger charge is -2.16. The predicted octanol–water partition coefficient (Wildman–Crippen LogP) is 1.52. The van der Waals surface area contributed by atoms with Gasteiger partial charge in [-0.15, -0.1) is 11.3 Å². The molecule has 0 aromatic carbocycles. The quantitative estimate of drug-likeness (QED) is 0.884. The van der Waals surface area contributed by atoms with Crippen LogP contribution in [-0.4, -0.2) is 43.0 Å². The average Bonchev–Trinajstić information content (AvgIpc) is 3.05. The monoisotopic (exact) mass is 295 g/mol. The highest BCUT2D eigenvalue weighted by Crippen LogP contribution is 2.18. The van der Waals surface area contributed by atoms with Gasteiger partial charge in [0, 0.05) is 42.4 Å². The van der Waals surface area contributed by atoms with Crippen molar-refractivity contribution in [1.29, 1.82) is 0 Å². The van der Waals surface area contributed by atoms with E-state index in [1.807, 2.05) is 4.90 Å². The lowest BCUT2D eigenvalue weighted by atomic mass is 10.2. The number of amides is 3. The minimum Gasteiger partial charge on any atom is -0.341 e. The highest BCUT2D eigenvalue weighted by Gasteiger charge is 2.26. The number of aryl methyl sites for hydroxylation is 2. The molecule has 0 spiro atoms. The fourth-order valence-electron chi connectivity index (χ4n) is 2.37. The molecule has 0 aliphatic carbocycles. The van der Waals surface area contributed by atoms with Crippen LogP contribution in [-0.2, 0) is 11.2 Å². The Hall–Kier alpha value is -1.56. The lowest BCUT2D eigenvalue weighted by molar-refractivity contribution is -0.130. The zero-order valence-corrected chi connectivity index (χ0v) is 12.8. The van der Waals surface area contributed by atoms with Gasteiger partial charge in [-0.25, -0.2) is 4.79 Å². The van der Waals surface area contributed by atoms with Crippen LogP contribution >= 0.6 is 11.3 Å². The third-order valence-electron chi connectivity index (χ3n) is 3.48. The summed E-state index contributed by atoms with van der Waals surface area (Å²) >= 11 is 1.75. The summed E-state index contributed by atoms with van der Waals surface area (Å²) < 4.78 is 0. The summed E-state index contributed by atoms with van der Waals surface area (Å²) in [5, 5.41) is 5.38. The van der Waals surface area contributed by atoms with Crippen LogP contribution in [0.2, 0.25) is 0 Å². The van der Waals surface area contributed by atoms with E-state index in [-0.39, 0.29) is 18.0 Å². The fraction of sp³-hybridized carbons (Fsp3) is 0.571. The Morgan fingerprint density at radius 1 is 1.45 bits per heavy atom. The molecule has 0 radical (unpaired) electrons. The molecule has 1 aromatic heterocycles. The first-order chi connectivity index (χ1) is 9.58. The molecule has 1 unspecified atom stereocenters. The van der Waals surface area contributed by atoms with Crippen LogP contribution in [0.3, 0.4) is 0 Å². The zero-order valence-electron chi connectivity index (χ0n) is 11.9. The summed E-state index contributed by atoms with van der Waals surface area (Å²) in [5.41, 5.74) is 0. The molecular formula is C14H21N3O2S. The number of hydrogen-bond donors (Lipinski definition) is 2. The maximum atomic E-state index is 12.1. The molecule has 0 saturated carbocycles. The zero-order chi connectivity index (χ0) is 14.5. The van der Waals surface area contributed by atoms with Gasteiger partial charge < -0.3 is 15.5 Å². The molecule has 1 aliphatic heterocycles. The molecule has 110 valence electrons. The van der Waals surface area contributed by atoms with Crippen molar-refractivity contribution in [3.05, 3.63) is 21.9 Å². The smallest absolute Gasteiger partial charge is 0.314 e. The van der Waals surface area contributed by atoms with E-state index < -0.39 is 0 Å². The third-order valence-corrected chi connectivity index (χ3v) is 4.54. The van der Waals surface area contributed by atoms with Gasteiger partial charge in [0.2, 0.25) is 5.91 Å². The molecule has 5 nitrogen and oxygen atoms in total. The molecule has 1 aliphatic rings. The molecule has 1 aromatic rings. The van der Waals surface area contributed by atoms with Crippen LogP contribution in [0.15, 0.2) is 12.1 Å². The van der Waals surface area contributed by atoms with Crippen LogP contribution < -0.4 is 10.6 Å². The van der Waals surface area contributed by atoms with E-state index >= 15 is 0 Å². The number of hydrogen-bond acceptors (Lipinski definition) is 3. The van der Waals surface area contributed by atoms with Crippen molar-refractivity contribution in [2.24, 2.45) is 0 Å². The van der Waals surface area contributed by atoms with Gasteiger partial charge in [0.05, 0.1) is 0 Å². The normalized spacial score (nSPS) is 18.1. The molecule has 0 bridgehead atoms. The highest BCUT2D eigenvalue weighted by atomic mass is 32.1. The minimum atomic E-state index is -0.182. The van der Waals surface area contributed by atoms with Crippen molar-refractivity contribution in [3.8, 4) is 0 Å². The Balaban J connectivity index is 1.75. The minimum absolute atomic E-state index is 0.0721.